The number of alkyl halides is 2. The highest BCUT2D eigenvalue weighted by atomic mass is 32.1. The average Bonchev–Trinajstić information content (AvgIpc) is 3.58. The number of amides is 1. The molecule has 5 aromatic heterocycles. The summed E-state index contributed by atoms with van der Waals surface area (Å²) >= 11 is 1.54. The number of thiophene rings is 1. The van der Waals surface area contributed by atoms with Crippen LogP contribution < -0.4 is 5.32 Å². The summed E-state index contributed by atoms with van der Waals surface area (Å²) in [6.45, 7) is 6.03. The van der Waals surface area contributed by atoms with Crippen LogP contribution in [0.15, 0.2) is 35.1 Å². The molecule has 11 nitrogen and oxygen atoms in total. The van der Waals surface area contributed by atoms with E-state index >= 15 is 0 Å². The van der Waals surface area contributed by atoms with E-state index in [2.05, 4.69) is 36.0 Å². The van der Waals surface area contributed by atoms with Crippen molar-refractivity contribution in [3.05, 3.63) is 58.6 Å². The lowest BCUT2D eigenvalue weighted by Crippen LogP contribution is -2.27. The maximum atomic E-state index is 14.2. The van der Waals surface area contributed by atoms with E-state index in [4.69, 9.17) is 4.52 Å². The summed E-state index contributed by atoms with van der Waals surface area (Å²) in [4.78, 5) is 23.8. The molecule has 0 aliphatic rings. The highest BCUT2D eigenvalue weighted by Gasteiger charge is 2.34. The van der Waals surface area contributed by atoms with Crippen LogP contribution in [0, 0.1) is 13.8 Å². The van der Waals surface area contributed by atoms with E-state index in [1.807, 2.05) is 19.1 Å². The SMILES string of the molecule is Cc1noc([C@@H](C)NC(=O)c2cc(-n3nnnc3C(C)(F)F)c3ncc(-c4ccc(C)s4)n3c2)n1. The van der Waals surface area contributed by atoms with Crippen molar-refractivity contribution in [2.75, 3.05) is 0 Å². The molecule has 0 aromatic carbocycles. The monoisotopic (exact) mass is 499 g/mol. The van der Waals surface area contributed by atoms with Crippen molar-refractivity contribution in [1.29, 1.82) is 0 Å². The summed E-state index contributed by atoms with van der Waals surface area (Å²) in [7, 11) is 0. The van der Waals surface area contributed by atoms with Gasteiger partial charge in [-0.05, 0) is 49.4 Å². The van der Waals surface area contributed by atoms with Crippen LogP contribution in [0.1, 0.15) is 52.7 Å². The molecule has 180 valence electrons. The molecule has 5 aromatic rings. The zero-order valence-corrected chi connectivity index (χ0v) is 19.8. The van der Waals surface area contributed by atoms with Gasteiger partial charge in [0.15, 0.2) is 11.5 Å². The maximum Gasteiger partial charge on any atom is 0.305 e. The standard InChI is InChI=1S/C21H19F2N9O2S/c1-10-5-6-16(35-10)15-8-24-17-14(32-20(21(4,22)23)27-29-30-32)7-13(9-31(15)17)18(33)25-11(2)19-26-12(3)28-34-19/h5-9,11H,1-4H3,(H,25,33)/t11-/m1/s1. The molecule has 5 rings (SSSR count). The molecule has 1 amide bonds. The highest BCUT2D eigenvalue weighted by molar-refractivity contribution is 7.15. The van der Waals surface area contributed by atoms with E-state index in [0.29, 0.717) is 24.1 Å². The number of hydrogen-bond acceptors (Lipinski definition) is 9. The Morgan fingerprint density at radius 3 is 2.74 bits per heavy atom. The van der Waals surface area contributed by atoms with Gasteiger partial charge >= 0.3 is 5.92 Å². The van der Waals surface area contributed by atoms with Crippen molar-refractivity contribution in [1.82, 2.24) is 45.0 Å². The number of aryl methyl sites for hydroxylation is 2. The molecule has 0 spiro atoms. The number of tetrazole rings is 1. The van der Waals surface area contributed by atoms with Crippen molar-refractivity contribution in [2.45, 2.75) is 39.7 Å². The van der Waals surface area contributed by atoms with E-state index in [1.165, 1.54) is 17.4 Å². The number of carbonyl (C=O) groups is 1. The van der Waals surface area contributed by atoms with Crippen LogP contribution in [0.2, 0.25) is 0 Å². The highest BCUT2D eigenvalue weighted by Crippen LogP contribution is 2.32. The topological polar surface area (TPSA) is 129 Å². The second kappa shape index (κ2) is 8.30. The van der Waals surface area contributed by atoms with Crippen molar-refractivity contribution in [3.63, 3.8) is 0 Å². The van der Waals surface area contributed by atoms with Gasteiger partial charge in [0.25, 0.3) is 5.91 Å². The van der Waals surface area contributed by atoms with Crippen molar-refractivity contribution >= 4 is 22.9 Å². The van der Waals surface area contributed by atoms with Crippen molar-refractivity contribution in [3.8, 4) is 16.3 Å². The first-order valence-corrected chi connectivity index (χ1v) is 11.3. The summed E-state index contributed by atoms with van der Waals surface area (Å²) in [5.41, 5.74) is 1.29. The number of nitrogens with zero attached hydrogens (tertiary/aromatic N) is 8. The molecule has 0 fully saturated rings. The van der Waals surface area contributed by atoms with Crippen molar-refractivity contribution < 1.29 is 18.1 Å². The Morgan fingerprint density at radius 1 is 1.29 bits per heavy atom. The number of hydrogen-bond donors (Lipinski definition) is 1. The fraction of sp³-hybridized carbons (Fsp3) is 0.286. The Hall–Kier alpha value is -4.07. The molecule has 0 bridgehead atoms. The molecule has 0 saturated heterocycles. The second-order valence-electron chi connectivity index (χ2n) is 8.04. The number of rotatable bonds is 6. The van der Waals surface area contributed by atoms with Gasteiger partial charge in [0.2, 0.25) is 11.7 Å². The zero-order valence-electron chi connectivity index (χ0n) is 19.0. The number of halogens is 2. The maximum absolute atomic E-state index is 14.2. The molecule has 1 atom stereocenters. The summed E-state index contributed by atoms with van der Waals surface area (Å²) in [6, 6.07) is 4.72. The number of aromatic nitrogens is 8. The quantitative estimate of drug-likeness (QED) is 0.375. The number of fused-ring (bicyclic) bond motifs is 1. The molecule has 14 heteroatoms. The number of imidazole rings is 1. The molecule has 0 aliphatic carbocycles. The second-order valence-corrected chi connectivity index (χ2v) is 9.33. The molecule has 0 aliphatic heterocycles. The fourth-order valence-electron chi connectivity index (χ4n) is 3.56. The van der Waals surface area contributed by atoms with Crippen LogP contribution in [0.4, 0.5) is 8.78 Å². The number of carbonyl (C=O) groups excluding carboxylic acids is 1. The van der Waals surface area contributed by atoms with Gasteiger partial charge in [0.1, 0.15) is 11.7 Å². The third kappa shape index (κ3) is 4.16. The Balaban J connectivity index is 1.65. The van der Waals surface area contributed by atoms with Crippen LogP contribution in [0.3, 0.4) is 0 Å². The first-order chi connectivity index (χ1) is 16.6. The van der Waals surface area contributed by atoms with Crippen LogP contribution >= 0.6 is 11.3 Å². The van der Waals surface area contributed by atoms with Gasteiger partial charge in [-0.15, -0.1) is 16.4 Å². The van der Waals surface area contributed by atoms with Crippen LogP contribution in [0.25, 0.3) is 21.9 Å². The van der Waals surface area contributed by atoms with Gasteiger partial charge < -0.3 is 9.84 Å². The normalized spacial score (nSPS) is 12.9. The zero-order chi connectivity index (χ0) is 24.9. The van der Waals surface area contributed by atoms with Crippen LogP contribution in [0.5, 0.6) is 0 Å². The Bertz CT molecular complexity index is 1550. The molecule has 0 unspecified atom stereocenters. The smallest absolute Gasteiger partial charge is 0.305 e. The summed E-state index contributed by atoms with van der Waals surface area (Å²) in [6.07, 6.45) is 3.20. The lowest BCUT2D eigenvalue weighted by atomic mass is 10.2. The van der Waals surface area contributed by atoms with Gasteiger partial charge in [0.05, 0.1) is 22.3 Å². The molecule has 1 N–H and O–H groups in total. The number of pyridine rings is 1. The van der Waals surface area contributed by atoms with E-state index in [9.17, 15) is 13.6 Å². The van der Waals surface area contributed by atoms with Crippen LogP contribution in [-0.2, 0) is 5.92 Å². The lowest BCUT2D eigenvalue weighted by molar-refractivity contribution is 0.00530. The van der Waals surface area contributed by atoms with E-state index in [0.717, 1.165) is 14.4 Å². The van der Waals surface area contributed by atoms with Gasteiger partial charge in [0, 0.05) is 18.0 Å². The fourth-order valence-corrected chi connectivity index (χ4v) is 4.43. The summed E-state index contributed by atoms with van der Waals surface area (Å²) < 4.78 is 36.2. The lowest BCUT2D eigenvalue weighted by Gasteiger charge is -2.14. The summed E-state index contributed by atoms with van der Waals surface area (Å²) in [5.74, 6) is -3.82. The Morgan fingerprint density at radius 2 is 2.09 bits per heavy atom. The van der Waals surface area contributed by atoms with Gasteiger partial charge in [-0.3, -0.25) is 9.20 Å². The molecular weight excluding hydrogens is 480 g/mol. The minimum atomic E-state index is -3.33. The Labute approximate surface area is 200 Å². The molecular formula is C21H19F2N9O2S. The predicted molar refractivity (Wildman–Crippen MR) is 120 cm³/mol. The minimum Gasteiger partial charge on any atom is -0.340 e. The third-order valence-corrected chi connectivity index (χ3v) is 6.22. The minimum absolute atomic E-state index is 0.125. The predicted octanol–water partition coefficient (Wildman–Crippen LogP) is 3.64. The van der Waals surface area contributed by atoms with Gasteiger partial charge in [-0.1, -0.05) is 5.16 Å². The summed E-state index contributed by atoms with van der Waals surface area (Å²) in [5, 5.41) is 17.2. The Kier molecular flexibility index (Phi) is 5.39. The van der Waals surface area contributed by atoms with Crippen molar-refractivity contribution in [2.24, 2.45) is 0 Å². The van der Waals surface area contributed by atoms with Gasteiger partial charge in [-0.2, -0.15) is 18.4 Å². The third-order valence-electron chi connectivity index (χ3n) is 5.19. The average molecular weight is 500 g/mol. The molecule has 5 heterocycles. The van der Waals surface area contributed by atoms with Crippen LogP contribution in [-0.4, -0.2) is 45.6 Å². The largest absolute Gasteiger partial charge is 0.340 e. The first kappa shape index (κ1) is 22.7. The molecule has 0 saturated carbocycles. The molecule has 0 radical (unpaired) electrons. The number of nitrogens with one attached hydrogen (secondary N) is 1. The van der Waals surface area contributed by atoms with E-state index in [1.54, 1.807) is 30.6 Å². The van der Waals surface area contributed by atoms with E-state index < -0.39 is 23.7 Å². The van der Waals surface area contributed by atoms with Gasteiger partial charge in [-0.25, -0.2) is 4.98 Å². The van der Waals surface area contributed by atoms with E-state index in [-0.39, 0.29) is 17.1 Å². The molecule has 35 heavy (non-hydrogen) atoms. The first-order valence-electron chi connectivity index (χ1n) is 10.5.